The summed E-state index contributed by atoms with van der Waals surface area (Å²) in [7, 11) is 0. The van der Waals surface area contributed by atoms with E-state index in [-0.39, 0.29) is 12.1 Å². The Kier molecular flexibility index (Phi) is 4.10. The minimum absolute atomic E-state index is 0.142. The molecule has 0 saturated heterocycles. The largest absolute Gasteiger partial charge is 0.334 e. The van der Waals surface area contributed by atoms with E-state index in [9.17, 15) is 4.79 Å². The van der Waals surface area contributed by atoms with Crippen LogP contribution in [-0.4, -0.2) is 25.5 Å². The maximum absolute atomic E-state index is 12.3. The number of rotatable bonds is 4. The van der Waals surface area contributed by atoms with Gasteiger partial charge in [0.25, 0.3) is 0 Å². The monoisotopic (exact) mass is 346 g/mol. The fraction of sp³-hybridized carbons (Fsp3) is 0.105. The van der Waals surface area contributed by atoms with Crippen LogP contribution in [0.4, 0.5) is 4.79 Å². The van der Waals surface area contributed by atoms with Gasteiger partial charge >= 0.3 is 6.03 Å². The van der Waals surface area contributed by atoms with Gasteiger partial charge in [-0.05, 0) is 42.8 Å². The number of carbonyl (C=O) groups excluding carboxylic acids is 1. The van der Waals surface area contributed by atoms with Crippen LogP contribution in [0.1, 0.15) is 18.5 Å². The molecular formula is C19H18N6O. The number of imidazole rings is 1. The zero-order chi connectivity index (χ0) is 17.9. The zero-order valence-electron chi connectivity index (χ0n) is 14.2. The van der Waals surface area contributed by atoms with Gasteiger partial charge in [-0.2, -0.15) is 5.10 Å². The molecule has 0 spiro atoms. The van der Waals surface area contributed by atoms with Gasteiger partial charge in [0.15, 0.2) is 0 Å². The molecule has 2 amide bonds. The van der Waals surface area contributed by atoms with Crippen molar-refractivity contribution in [2.75, 3.05) is 5.43 Å². The number of amides is 2. The van der Waals surface area contributed by atoms with E-state index in [0.717, 1.165) is 22.3 Å². The number of nitrogens with zero attached hydrogens (tertiary/aromatic N) is 4. The molecule has 26 heavy (non-hydrogen) atoms. The van der Waals surface area contributed by atoms with Crippen LogP contribution in [-0.2, 0) is 0 Å². The quantitative estimate of drug-likeness (QED) is 0.595. The van der Waals surface area contributed by atoms with Crippen molar-refractivity contribution in [3.8, 4) is 5.69 Å². The predicted molar refractivity (Wildman–Crippen MR) is 99.6 cm³/mol. The first-order valence-corrected chi connectivity index (χ1v) is 8.30. The van der Waals surface area contributed by atoms with Gasteiger partial charge in [0.1, 0.15) is 6.33 Å². The molecule has 4 rings (SSSR count). The molecule has 2 N–H and O–H groups in total. The molecule has 0 fully saturated rings. The number of fused-ring (bicyclic) bond motifs is 1. The smallest absolute Gasteiger partial charge is 0.330 e. The van der Waals surface area contributed by atoms with Crippen molar-refractivity contribution in [1.29, 1.82) is 0 Å². The summed E-state index contributed by atoms with van der Waals surface area (Å²) in [5.74, 6) is 0. The van der Waals surface area contributed by atoms with Crippen LogP contribution in [0.15, 0.2) is 73.3 Å². The van der Waals surface area contributed by atoms with Crippen molar-refractivity contribution < 1.29 is 4.79 Å². The summed E-state index contributed by atoms with van der Waals surface area (Å²) in [5.41, 5.74) is 6.44. The van der Waals surface area contributed by atoms with E-state index in [4.69, 9.17) is 0 Å². The van der Waals surface area contributed by atoms with Crippen molar-refractivity contribution in [3.63, 3.8) is 0 Å². The van der Waals surface area contributed by atoms with Crippen LogP contribution < -0.4 is 10.7 Å². The van der Waals surface area contributed by atoms with E-state index >= 15 is 0 Å². The molecule has 0 aliphatic rings. The highest BCUT2D eigenvalue weighted by Gasteiger charge is 2.11. The van der Waals surface area contributed by atoms with Crippen LogP contribution in [0, 0.1) is 0 Å². The number of hydrogen-bond donors (Lipinski definition) is 2. The number of aromatic nitrogens is 4. The predicted octanol–water partition coefficient (Wildman–Crippen LogP) is 3.24. The molecule has 2 aromatic carbocycles. The molecule has 0 saturated carbocycles. The average molecular weight is 346 g/mol. The van der Waals surface area contributed by atoms with Crippen molar-refractivity contribution >= 4 is 17.1 Å². The Labute approximate surface area is 150 Å². The van der Waals surface area contributed by atoms with E-state index in [0.29, 0.717) is 0 Å². The van der Waals surface area contributed by atoms with Gasteiger partial charge in [-0.25, -0.2) is 24.6 Å². The zero-order valence-corrected chi connectivity index (χ0v) is 14.2. The lowest BCUT2D eigenvalue weighted by Crippen LogP contribution is -2.35. The van der Waals surface area contributed by atoms with Gasteiger partial charge in [0.2, 0.25) is 0 Å². The summed E-state index contributed by atoms with van der Waals surface area (Å²) in [5, 5.41) is 7.14. The summed E-state index contributed by atoms with van der Waals surface area (Å²) in [4.78, 5) is 16.6. The Morgan fingerprint density at radius 3 is 2.65 bits per heavy atom. The summed E-state index contributed by atoms with van der Waals surface area (Å²) >= 11 is 0. The van der Waals surface area contributed by atoms with Crippen LogP contribution >= 0.6 is 0 Å². The molecule has 1 atom stereocenters. The van der Waals surface area contributed by atoms with Crippen LogP contribution in [0.25, 0.3) is 16.7 Å². The van der Waals surface area contributed by atoms with Crippen molar-refractivity contribution in [2.24, 2.45) is 0 Å². The molecule has 0 aliphatic carbocycles. The number of nitrogens with one attached hydrogen (secondary N) is 2. The Bertz CT molecular complexity index is 1020. The molecule has 7 heteroatoms. The Balaban J connectivity index is 1.42. The standard InChI is InChI=1S/C19H18N6O/c1-14(15-7-9-16(10-8-15)24-12-4-11-21-24)22-19(26)23-25-13-20-17-5-2-3-6-18(17)25/h2-14H,1H3,(H2,22,23,26)/t14-/m1/s1. The van der Waals surface area contributed by atoms with Gasteiger partial charge < -0.3 is 5.32 Å². The minimum atomic E-state index is -0.295. The fourth-order valence-corrected chi connectivity index (χ4v) is 2.81. The van der Waals surface area contributed by atoms with E-state index in [1.807, 2.05) is 67.7 Å². The molecule has 0 radical (unpaired) electrons. The lowest BCUT2D eigenvalue weighted by Gasteiger charge is -2.16. The average Bonchev–Trinajstić information content (AvgIpc) is 3.32. The van der Waals surface area contributed by atoms with E-state index < -0.39 is 0 Å². The van der Waals surface area contributed by atoms with Gasteiger partial charge in [-0.3, -0.25) is 0 Å². The topological polar surface area (TPSA) is 76.8 Å². The lowest BCUT2D eigenvalue weighted by molar-refractivity contribution is 0.247. The Morgan fingerprint density at radius 2 is 1.88 bits per heavy atom. The van der Waals surface area contributed by atoms with Gasteiger partial charge in [0.05, 0.1) is 22.8 Å². The third kappa shape index (κ3) is 3.14. The van der Waals surface area contributed by atoms with Crippen LogP contribution in [0.2, 0.25) is 0 Å². The van der Waals surface area contributed by atoms with Crippen molar-refractivity contribution in [3.05, 3.63) is 78.9 Å². The molecule has 4 aromatic rings. The Hall–Kier alpha value is -3.61. The van der Waals surface area contributed by atoms with E-state index in [2.05, 4.69) is 20.8 Å². The van der Waals surface area contributed by atoms with E-state index in [1.54, 1.807) is 21.9 Å². The SMILES string of the molecule is C[C@@H](NC(=O)Nn1cnc2ccccc21)c1ccc(-n2cccn2)cc1. The molecule has 7 nitrogen and oxygen atoms in total. The second-order valence-corrected chi connectivity index (χ2v) is 5.95. The minimum Gasteiger partial charge on any atom is -0.330 e. The molecule has 0 bridgehead atoms. The summed E-state index contributed by atoms with van der Waals surface area (Å²) in [6.07, 6.45) is 5.22. The molecule has 2 heterocycles. The first-order chi connectivity index (χ1) is 12.7. The second kappa shape index (κ2) is 6.72. The second-order valence-electron chi connectivity index (χ2n) is 5.95. The number of carbonyl (C=O) groups is 1. The first kappa shape index (κ1) is 15.9. The summed E-state index contributed by atoms with van der Waals surface area (Å²) in [6, 6.07) is 17.0. The van der Waals surface area contributed by atoms with Crippen molar-refractivity contribution in [2.45, 2.75) is 13.0 Å². The van der Waals surface area contributed by atoms with Crippen molar-refractivity contribution in [1.82, 2.24) is 24.8 Å². The Morgan fingerprint density at radius 1 is 1.08 bits per heavy atom. The first-order valence-electron chi connectivity index (χ1n) is 8.30. The summed E-state index contributed by atoms with van der Waals surface area (Å²) < 4.78 is 3.40. The maximum Gasteiger partial charge on any atom is 0.334 e. The number of hydrogen-bond acceptors (Lipinski definition) is 3. The fourth-order valence-electron chi connectivity index (χ4n) is 2.81. The van der Waals surface area contributed by atoms with Gasteiger partial charge in [0, 0.05) is 12.4 Å². The highest BCUT2D eigenvalue weighted by molar-refractivity contribution is 5.85. The molecule has 2 aromatic heterocycles. The van der Waals surface area contributed by atoms with Crippen LogP contribution in [0.3, 0.4) is 0 Å². The molecule has 0 unspecified atom stereocenters. The third-order valence-corrected chi connectivity index (χ3v) is 4.19. The van der Waals surface area contributed by atoms with Gasteiger partial charge in [-0.1, -0.05) is 24.3 Å². The third-order valence-electron chi connectivity index (χ3n) is 4.19. The number of para-hydroxylation sites is 2. The lowest BCUT2D eigenvalue weighted by atomic mass is 10.1. The maximum atomic E-state index is 12.3. The van der Waals surface area contributed by atoms with Crippen LogP contribution in [0.5, 0.6) is 0 Å². The number of benzene rings is 2. The molecular weight excluding hydrogens is 328 g/mol. The highest BCUT2D eigenvalue weighted by Crippen LogP contribution is 2.15. The summed E-state index contributed by atoms with van der Waals surface area (Å²) in [6.45, 7) is 1.94. The molecule has 0 aliphatic heterocycles. The van der Waals surface area contributed by atoms with E-state index in [1.165, 1.54) is 0 Å². The molecule has 130 valence electrons. The number of urea groups is 1. The normalized spacial score (nSPS) is 12.0. The highest BCUT2D eigenvalue weighted by atomic mass is 16.2. The van der Waals surface area contributed by atoms with Gasteiger partial charge in [-0.15, -0.1) is 0 Å².